The number of hydrogen-bond donors (Lipinski definition) is 11. The lowest BCUT2D eigenvalue weighted by Gasteiger charge is -2.58. The Kier molecular flexibility index (Phi) is 15.3. The highest BCUT2D eigenvalue weighted by molar-refractivity contribution is 5.92. The van der Waals surface area contributed by atoms with Crippen LogP contribution in [0.25, 0.3) is 0 Å². The number of aliphatic hydroxyl groups is 11. The lowest BCUT2D eigenvalue weighted by molar-refractivity contribution is -0.400. The molecule has 24 atom stereocenters. The molecule has 0 aromatic heterocycles. The van der Waals surface area contributed by atoms with Gasteiger partial charge in [-0.1, -0.05) is 39.3 Å². The Morgan fingerprint density at radius 1 is 0.730 bits per heavy atom. The van der Waals surface area contributed by atoms with Crippen molar-refractivity contribution in [2.75, 3.05) is 19.8 Å². The smallest absolute Gasteiger partial charge is 0.189 e. The van der Waals surface area contributed by atoms with E-state index >= 15 is 0 Å². The third kappa shape index (κ3) is 9.11. The van der Waals surface area contributed by atoms with E-state index in [0.29, 0.717) is 38.5 Å². The van der Waals surface area contributed by atoms with Crippen LogP contribution in [0, 0.1) is 46.3 Å². The normalized spacial score (nSPS) is 49.9. The van der Waals surface area contributed by atoms with Crippen LogP contribution < -0.4 is 0 Å². The largest absolute Gasteiger partial charge is 0.396 e. The van der Waals surface area contributed by atoms with Gasteiger partial charge in [0.15, 0.2) is 25.2 Å². The second kappa shape index (κ2) is 19.6. The van der Waals surface area contributed by atoms with E-state index in [1.807, 2.05) is 13.8 Å². The predicted octanol–water partition coefficient (Wildman–Crippen LogP) is -1.85. The number of allylic oxidation sites excluding steroid dienone is 1. The molecule has 4 aliphatic carbocycles. The lowest BCUT2D eigenvalue weighted by Crippen LogP contribution is -2.67. The highest BCUT2D eigenvalue weighted by atomic mass is 16.8. The molecule has 0 spiro atoms. The number of rotatable bonds is 14. The Bertz CT molecular complexity index is 1630. The first-order valence-electron chi connectivity index (χ1n) is 22.7. The third-order valence-electron chi connectivity index (χ3n) is 16.3. The van der Waals surface area contributed by atoms with Crippen molar-refractivity contribution in [1.29, 1.82) is 0 Å². The molecule has 7 rings (SSSR count). The van der Waals surface area contributed by atoms with E-state index in [0.717, 1.165) is 19.3 Å². The maximum absolute atomic E-state index is 13.8. The molecule has 7 unspecified atom stereocenters. The average molecular weight is 903 g/mol. The Morgan fingerprint density at radius 2 is 1.37 bits per heavy atom. The number of ether oxygens (including phenoxy) is 6. The summed E-state index contributed by atoms with van der Waals surface area (Å²) in [7, 11) is 0. The molecular formula is C44H70O19. The quantitative estimate of drug-likeness (QED) is 0.0853. The van der Waals surface area contributed by atoms with E-state index in [9.17, 15) is 65.8 Å². The highest BCUT2D eigenvalue weighted by Crippen LogP contribution is 2.66. The van der Waals surface area contributed by atoms with Gasteiger partial charge in [-0.2, -0.15) is 0 Å². The monoisotopic (exact) mass is 902 g/mol. The third-order valence-corrected chi connectivity index (χ3v) is 16.3. The molecule has 3 saturated carbocycles. The number of aliphatic hydroxyl groups excluding tert-OH is 11. The molecule has 11 N–H and O–H groups in total. The molecule has 360 valence electrons. The standard InChI is InChI=1S/C44H70O19/c1-18(15-45)5-8-25(48)19(2)29-26(49)14-24-22-7-6-20-13-21(9-11-43(20,3)23(22)10-12-44(24,29)4)58-42-38(62-41-35(55)32(52)33(53)39(57)63-41)36(56)37(28(17-47)60-42)61-40-34(54)31(51)30(50)27(16-46)59-40/h6,18-19,21-24,27-42,45-47,50-57H,5,7-17H2,1-4H3/t18-,19-,21?,22-,23+,24+,27?,28?,29+,30-,31?,32?,33-,34+,35+,36?,37-,38+,39?,40+,41-,42-,43+,44+/m1/s1. The van der Waals surface area contributed by atoms with Crippen LogP contribution in [-0.2, 0) is 38.0 Å². The molecule has 3 aliphatic heterocycles. The number of carbonyl (C=O) groups is 2. The first kappa shape index (κ1) is 49.3. The predicted molar refractivity (Wildman–Crippen MR) is 214 cm³/mol. The second-order valence-corrected chi connectivity index (χ2v) is 20.0. The summed E-state index contributed by atoms with van der Waals surface area (Å²) in [5.74, 6) is 0.173. The van der Waals surface area contributed by atoms with Gasteiger partial charge in [-0.15, -0.1) is 0 Å². The minimum Gasteiger partial charge on any atom is -0.396 e. The Labute approximate surface area is 366 Å². The van der Waals surface area contributed by atoms with E-state index in [4.69, 9.17) is 28.4 Å². The average Bonchev–Trinajstić information content (AvgIpc) is 3.54. The van der Waals surface area contributed by atoms with Crippen LogP contribution in [0.3, 0.4) is 0 Å². The molecule has 19 nitrogen and oxygen atoms in total. The first-order chi connectivity index (χ1) is 29.8. The van der Waals surface area contributed by atoms with E-state index in [-0.39, 0.29) is 58.6 Å². The van der Waals surface area contributed by atoms with Crippen molar-refractivity contribution in [3.8, 4) is 0 Å². The molecule has 6 fully saturated rings. The van der Waals surface area contributed by atoms with Gasteiger partial charge in [0.25, 0.3) is 0 Å². The minimum atomic E-state index is -2.00. The summed E-state index contributed by atoms with van der Waals surface area (Å²) in [6.07, 6.45) is -18.8. The molecule has 63 heavy (non-hydrogen) atoms. The molecule has 0 radical (unpaired) electrons. The van der Waals surface area contributed by atoms with E-state index in [1.54, 1.807) is 0 Å². The van der Waals surface area contributed by atoms with Crippen molar-refractivity contribution < 1.29 is 94.2 Å². The molecule has 0 aromatic carbocycles. The van der Waals surface area contributed by atoms with E-state index in [2.05, 4.69) is 19.9 Å². The first-order valence-corrected chi connectivity index (χ1v) is 22.7. The van der Waals surface area contributed by atoms with Crippen molar-refractivity contribution in [1.82, 2.24) is 0 Å². The van der Waals surface area contributed by atoms with Gasteiger partial charge < -0.3 is 84.6 Å². The van der Waals surface area contributed by atoms with Gasteiger partial charge in [0.05, 0.1) is 19.3 Å². The van der Waals surface area contributed by atoms with Crippen LogP contribution in [0.1, 0.15) is 85.5 Å². The zero-order valence-electron chi connectivity index (χ0n) is 36.4. The minimum absolute atomic E-state index is 0.0163. The van der Waals surface area contributed by atoms with Crippen molar-refractivity contribution in [2.45, 2.75) is 184 Å². The molecule has 3 saturated heterocycles. The van der Waals surface area contributed by atoms with Crippen molar-refractivity contribution >= 4 is 11.6 Å². The van der Waals surface area contributed by atoms with Gasteiger partial charge in [-0.3, -0.25) is 9.59 Å². The fraction of sp³-hybridized carbons (Fsp3) is 0.909. The van der Waals surface area contributed by atoms with Crippen molar-refractivity contribution in [2.24, 2.45) is 46.3 Å². The van der Waals surface area contributed by atoms with E-state index < -0.39 is 118 Å². The molecular weight excluding hydrogens is 832 g/mol. The van der Waals surface area contributed by atoms with Gasteiger partial charge in [-0.25, -0.2) is 0 Å². The summed E-state index contributed by atoms with van der Waals surface area (Å²) in [6.45, 7) is 6.75. The van der Waals surface area contributed by atoms with Gasteiger partial charge in [-0.05, 0) is 79.4 Å². The number of fused-ring (bicyclic) bond motifs is 5. The second-order valence-electron chi connectivity index (χ2n) is 20.0. The SMILES string of the molecule is C[C@@H](CO)CCC(=O)[C@@H](C)[C@H]1C(=O)C[C@H]2[C@@H]3CC=C4CC(O[C@@H]5OC(CO)[C@@H](O[C@@H]6OC(CO)[C@@H](O)C(O)[C@@H]6O)C(O)[C@@H]5O[C@@H]5OC(O)[C@H](O)C(O)[C@@H]5O)CC[C@]4(C)[C@H]3CC[C@]12C. The zero-order chi connectivity index (χ0) is 45.9. The molecule has 0 amide bonds. The van der Waals surface area contributed by atoms with Gasteiger partial charge in [0.1, 0.15) is 78.7 Å². The topological polar surface area (TPSA) is 312 Å². The van der Waals surface area contributed by atoms with Crippen LogP contribution in [-0.4, -0.2) is 186 Å². The van der Waals surface area contributed by atoms with Crippen LogP contribution in [0.4, 0.5) is 0 Å². The molecule has 0 bridgehead atoms. The number of carbonyl (C=O) groups excluding carboxylic acids is 2. The van der Waals surface area contributed by atoms with Crippen molar-refractivity contribution in [3.63, 3.8) is 0 Å². The van der Waals surface area contributed by atoms with Crippen LogP contribution in [0.15, 0.2) is 11.6 Å². The van der Waals surface area contributed by atoms with Crippen molar-refractivity contribution in [3.05, 3.63) is 11.6 Å². The number of hydrogen-bond acceptors (Lipinski definition) is 19. The summed E-state index contributed by atoms with van der Waals surface area (Å²) >= 11 is 0. The van der Waals surface area contributed by atoms with Crippen LogP contribution >= 0.6 is 0 Å². The summed E-state index contributed by atoms with van der Waals surface area (Å²) in [5, 5.41) is 115. The van der Waals surface area contributed by atoms with Crippen LogP contribution in [0.2, 0.25) is 0 Å². The van der Waals surface area contributed by atoms with Gasteiger partial charge in [0.2, 0.25) is 0 Å². The summed E-state index contributed by atoms with van der Waals surface area (Å²) in [4.78, 5) is 27.2. The maximum atomic E-state index is 13.8. The molecule has 3 heterocycles. The summed E-state index contributed by atoms with van der Waals surface area (Å²) in [6, 6.07) is 0. The summed E-state index contributed by atoms with van der Waals surface area (Å²) in [5.41, 5.74) is 0.648. The molecule has 7 aliphatic rings. The van der Waals surface area contributed by atoms with Crippen LogP contribution in [0.5, 0.6) is 0 Å². The Balaban J connectivity index is 1.08. The van der Waals surface area contributed by atoms with E-state index in [1.165, 1.54) is 5.57 Å². The number of Topliss-reactive ketones (excluding diaryl/α,β-unsaturated/α-hetero) is 2. The molecule has 0 aromatic rings. The zero-order valence-corrected chi connectivity index (χ0v) is 36.4. The lowest BCUT2D eigenvalue weighted by atomic mass is 9.47. The molecule has 19 heteroatoms. The fourth-order valence-electron chi connectivity index (χ4n) is 12.4. The Morgan fingerprint density at radius 3 is 2.03 bits per heavy atom. The highest BCUT2D eigenvalue weighted by Gasteiger charge is 2.63. The maximum Gasteiger partial charge on any atom is 0.189 e. The Hall–Kier alpha value is -1.60. The fourth-order valence-corrected chi connectivity index (χ4v) is 12.4. The summed E-state index contributed by atoms with van der Waals surface area (Å²) < 4.78 is 35.3. The number of ketones is 2. The van der Waals surface area contributed by atoms with Gasteiger partial charge in [0, 0.05) is 31.3 Å². The van der Waals surface area contributed by atoms with Gasteiger partial charge >= 0.3 is 0 Å².